The molecular weight excluding hydrogens is 226 g/mol. The van der Waals surface area contributed by atoms with Crippen LogP contribution in [0.15, 0.2) is 30.4 Å². The van der Waals surface area contributed by atoms with Crippen LogP contribution in [0.3, 0.4) is 0 Å². The zero-order chi connectivity index (χ0) is 13.0. The Balaban J connectivity index is 2.22. The second-order valence-electron chi connectivity index (χ2n) is 4.71. The summed E-state index contributed by atoms with van der Waals surface area (Å²) in [5.41, 5.74) is 7.00. The van der Waals surface area contributed by atoms with E-state index in [1.807, 2.05) is 25.1 Å². The van der Waals surface area contributed by atoms with Crippen LogP contribution in [-0.2, 0) is 0 Å². The number of ether oxygens (including phenoxy) is 2. The quantitative estimate of drug-likeness (QED) is 0.831. The first kappa shape index (κ1) is 13.0. The Kier molecular flexibility index (Phi) is 4.26. The lowest BCUT2D eigenvalue weighted by Crippen LogP contribution is -2.18. The maximum Gasteiger partial charge on any atom is 0.128 e. The van der Waals surface area contributed by atoms with Crippen LogP contribution in [0.2, 0.25) is 0 Å². The van der Waals surface area contributed by atoms with Crippen molar-refractivity contribution < 1.29 is 9.47 Å². The van der Waals surface area contributed by atoms with Gasteiger partial charge in [0.25, 0.3) is 0 Å². The van der Waals surface area contributed by atoms with E-state index in [4.69, 9.17) is 15.2 Å². The predicted molar refractivity (Wildman–Crippen MR) is 73.0 cm³/mol. The molecule has 3 heteroatoms. The molecule has 0 bridgehead atoms. The van der Waals surface area contributed by atoms with Gasteiger partial charge in [0.15, 0.2) is 0 Å². The Hall–Kier alpha value is -1.48. The van der Waals surface area contributed by atoms with E-state index in [1.165, 1.54) is 6.42 Å². The average molecular weight is 247 g/mol. The minimum Gasteiger partial charge on any atom is -0.497 e. The first-order valence-electron chi connectivity index (χ1n) is 6.47. The molecule has 0 saturated carbocycles. The molecule has 0 saturated heterocycles. The molecule has 1 aliphatic carbocycles. The largest absolute Gasteiger partial charge is 0.497 e. The smallest absolute Gasteiger partial charge is 0.128 e. The standard InChI is InChI=1S/C15H21NO2/c1-11(16)14-9-8-13(17-2)10-15(14)18-12-6-4-3-5-7-12/h4,6,8-12H,3,5,7,16H2,1-2H3/t11-,12?/m0/s1. The molecule has 0 fully saturated rings. The van der Waals surface area contributed by atoms with Crippen molar-refractivity contribution in [1.82, 2.24) is 0 Å². The predicted octanol–water partition coefficient (Wildman–Crippen LogP) is 3.20. The topological polar surface area (TPSA) is 44.5 Å². The summed E-state index contributed by atoms with van der Waals surface area (Å²) in [7, 11) is 1.66. The number of nitrogens with two attached hydrogens (primary N) is 1. The van der Waals surface area contributed by atoms with E-state index < -0.39 is 0 Å². The molecule has 2 N–H and O–H groups in total. The fourth-order valence-corrected chi connectivity index (χ4v) is 2.16. The summed E-state index contributed by atoms with van der Waals surface area (Å²) in [4.78, 5) is 0. The normalized spacial score (nSPS) is 20.5. The van der Waals surface area contributed by atoms with Gasteiger partial charge in [0.2, 0.25) is 0 Å². The molecule has 1 aromatic carbocycles. The van der Waals surface area contributed by atoms with E-state index >= 15 is 0 Å². The van der Waals surface area contributed by atoms with E-state index in [2.05, 4.69) is 12.2 Å². The Morgan fingerprint density at radius 3 is 2.83 bits per heavy atom. The molecule has 2 rings (SSSR count). The third kappa shape index (κ3) is 3.05. The van der Waals surface area contributed by atoms with Crippen molar-refractivity contribution in [2.75, 3.05) is 7.11 Å². The van der Waals surface area contributed by atoms with Gasteiger partial charge in [-0.1, -0.05) is 12.1 Å². The highest BCUT2D eigenvalue weighted by Gasteiger charge is 2.15. The van der Waals surface area contributed by atoms with Gasteiger partial charge >= 0.3 is 0 Å². The van der Waals surface area contributed by atoms with Gasteiger partial charge in [0, 0.05) is 17.7 Å². The molecule has 0 aromatic heterocycles. The summed E-state index contributed by atoms with van der Waals surface area (Å²) in [5.74, 6) is 1.63. The molecule has 2 atom stereocenters. The van der Waals surface area contributed by atoms with E-state index in [-0.39, 0.29) is 12.1 Å². The zero-order valence-electron chi connectivity index (χ0n) is 11.1. The van der Waals surface area contributed by atoms with E-state index in [9.17, 15) is 0 Å². The average Bonchev–Trinajstić information content (AvgIpc) is 2.39. The lowest BCUT2D eigenvalue weighted by atomic mass is 10.0. The molecular formula is C15H21NO2. The molecule has 3 nitrogen and oxygen atoms in total. The van der Waals surface area contributed by atoms with Crippen LogP contribution in [0.1, 0.15) is 37.8 Å². The lowest BCUT2D eigenvalue weighted by Gasteiger charge is -2.22. The maximum absolute atomic E-state index is 6.04. The Morgan fingerprint density at radius 2 is 2.22 bits per heavy atom. The fraction of sp³-hybridized carbons (Fsp3) is 0.467. The van der Waals surface area contributed by atoms with E-state index in [1.54, 1.807) is 7.11 Å². The molecule has 1 aromatic rings. The number of methoxy groups -OCH3 is 1. The number of rotatable bonds is 4. The first-order valence-corrected chi connectivity index (χ1v) is 6.47. The van der Waals surface area contributed by atoms with Gasteiger partial charge in [-0.3, -0.25) is 0 Å². The Bertz CT molecular complexity index is 427. The summed E-state index contributed by atoms with van der Waals surface area (Å²) in [6.07, 6.45) is 7.86. The highest BCUT2D eigenvalue weighted by atomic mass is 16.5. The van der Waals surface area contributed by atoms with Crippen molar-refractivity contribution in [1.29, 1.82) is 0 Å². The van der Waals surface area contributed by atoms with Gasteiger partial charge in [0.05, 0.1) is 7.11 Å². The molecule has 0 amide bonds. The molecule has 0 heterocycles. The number of benzene rings is 1. The van der Waals surface area contributed by atoms with Gasteiger partial charge in [-0.2, -0.15) is 0 Å². The third-order valence-corrected chi connectivity index (χ3v) is 3.20. The Labute approximate surface area is 109 Å². The summed E-state index contributed by atoms with van der Waals surface area (Å²) in [5, 5.41) is 0. The zero-order valence-corrected chi connectivity index (χ0v) is 11.1. The van der Waals surface area contributed by atoms with Crippen LogP contribution >= 0.6 is 0 Å². The molecule has 98 valence electrons. The van der Waals surface area contributed by atoms with Crippen LogP contribution < -0.4 is 15.2 Å². The molecule has 0 spiro atoms. The number of hydrogen-bond donors (Lipinski definition) is 1. The monoisotopic (exact) mass is 247 g/mol. The summed E-state index contributed by atoms with van der Waals surface area (Å²) in [6.45, 7) is 1.96. The molecule has 1 aliphatic rings. The van der Waals surface area contributed by atoms with E-state index in [0.29, 0.717) is 0 Å². The molecule has 0 aliphatic heterocycles. The van der Waals surface area contributed by atoms with Gasteiger partial charge in [-0.25, -0.2) is 0 Å². The van der Waals surface area contributed by atoms with Crippen molar-refractivity contribution in [2.24, 2.45) is 5.73 Å². The fourth-order valence-electron chi connectivity index (χ4n) is 2.16. The molecule has 1 unspecified atom stereocenters. The van der Waals surface area contributed by atoms with Crippen molar-refractivity contribution in [3.8, 4) is 11.5 Å². The third-order valence-electron chi connectivity index (χ3n) is 3.20. The van der Waals surface area contributed by atoms with Crippen molar-refractivity contribution in [3.63, 3.8) is 0 Å². The summed E-state index contributed by atoms with van der Waals surface area (Å²) < 4.78 is 11.3. The van der Waals surface area contributed by atoms with Crippen molar-refractivity contribution >= 4 is 0 Å². The minimum absolute atomic E-state index is 0.0431. The first-order chi connectivity index (χ1) is 8.70. The van der Waals surface area contributed by atoms with Crippen molar-refractivity contribution in [3.05, 3.63) is 35.9 Å². The maximum atomic E-state index is 6.04. The number of hydrogen-bond acceptors (Lipinski definition) is 3. The van der Waals surface area contributed by atoms with Crippen LogP contribution in [0, 0.1) is 0 Å². The van der Waals surface area contributed by atoms with Crippen LogP contribution in [0.5, 0.6) is 11.5 Å². The van der Waals surface area contributed by atoms with Gasteiger partial charge in [0.1, 0.15) is 17.6 Å². The molecule has 18 heavy (non-hydrogen) atoms. The summed E-state index contributed by atoms with van der Waals surface area (Å²) >= 11 is 0. The molecule has 0 radical (unpaired) electrons. The Morgan fingerprint density at radius 1 is 1.39 bits per heavy atom. The van der Waals surface area contributed by atoms with Gasteiger partial charge in [-0.15, -0.1) is 0 Å². The number of allylic oxidation sites excluding steroid dienone is 1. The minimum atomic E-state index is -0.0431. The highest BCUT2D eigenvalue weighted by Crippen LogP contribution is 2.30. The van der Waals surface area contributed by atoms with Gasteiger partial charge in [-0.05, 0) is 38.3 Å². The highest BCUT2D eigenvalue weighted by molar-refractivity contribution is 5.42. The second-order valence-corrected chi connectivity index (χ2v) is 4.71. The van der Waals surface area contributed by atoms with E-state index in [0.717, 1.165) is 29.9 Å². The van der Waals surface area contributed by atoms with Gasteiger partial charge < -0.3 is 15.2 Å². The van der Waals surface area contributed by atoms with Crippen LogP contribution in [0.25, 0.3) is 0 Å². The van der Waals surface area contributed by atoms with Crippen LogP contribution in [-0.4, -0.2) is 13.2 Å². The second kappa shape index (κ2) is 5.91. The summed E-state index contributed by atoms with van der Waals surface area (Å²) in [6, 6.07) is 5.77. The lowest BCUT2D eigenvalue weighted by molar-refractivity contribution is 0.226. The van der Waals surface area contributed by atoms with Crippen molar-refractivity contribution in [2.45, 2.75) is 38.3 Å². The SMILES string of the molecule is COc1ccc([C@H](C)N)c(OC2C=CCCC2)c1. The van der Waals surface area contributed by atoms with Crippen LogP contribution in [0.4, 0.5) is 0 Å².